The van der Waals surface area contributed by atoms with Gasteiger partial charge in [-0.1, -0.05) is 11.6 Å². The van der Waals surface area contributed by atoms with Gasteiger partial charge < -0.3 is 9.80 Å². The van der Waals surface area contributed by atoms with Gasteiger partial charge in [0.05, 0.1) is 22.6 Å². The van der Waals surface area contributed by atoms with Crippen LogP contribution < -0.4 is 4.90 Å². The fraction of sp³-hybridized carbons (Fsp3) is 0.476. The molecule has 1 spiro atoms. The Hall–Kier alpha value is -2.38. The molecule has 1 aromatic carbocycles. The minimum Gasteiger partial charge on any atom is -0.341 e. The number of nitrogens with one attached hydrogen (secondary N) is 1. The van der Waals surface area contributed by atoms with Crippen molar-refractivity contribution in [3.05, 3.63) is 34.5 Å². The van der Waals surface area contributed by atoms with Crippen molar-refractivity contribution < 1.29 is 9.59 Å². The number of H-pyrrole nitrogens is 1. The maximum atomic E-state index is 12.0. The number of carbonyl (C=O) groups is 2. The number of anilines is 1. The predicted octanol–water partition coefficient (Wildman–Crippen LogP) is 2.30. The molecule has 0 aliphatic carbocycles. The number of carbonyl (C=O) groups excluding carboxylic acids is 2. The summed E-state index contributed by atoms with van der Waals surface area (Å²) in [6.45, 7) is 6.24. The van der Waals surface area contributed by atoms with Gasteiger partial charge in [0, 0.05) is 69.7 Å². The number of aromatic nitrogens is 2. The van der Waals surface area contributed by atoms with Crippen LogP contribution >= 0.6 is 11.6 Å². The molecule has 5 rings (SSSR count). The fourth-order valence-corrected chi connectivity index (χ4v) is 5.39. The Balaban J connectivity index is 1.32. The summed E-state index contributed by atoms with van der Waals surface area (Å²) in [6, 6.07) is 4.04. The van der Waals surface area contributed by atoms with E-state index in [1.54, 1.807) is 18.9 Å². The zero-order chi connectivity index (χ0) is 20.3. The third-order valence-electron chi connectivity index (χ3n) is 6.48. The number of aromatic amines is 1. The molecule has 0 radical (unpaired) electrons. The molecular formula is C21H24ClN5O2. The quantitative estimate of drug-likeness (QED) is 0.838. The van der Waals surface area contributed by atoms with Gasteiger partial charge in [0.15, 0.2) is 0 Å². The number of halogens is 1. The van der Waals surface area contributed by atoms with E-state index < -0.39 is 0 Å². The number of rotatable bonds is 3. The first-order chi connectivity index (χ1) is 13.8. The molecule has 2 fully saturated rings. The largest absolute Gasteiger partial charge is 0.341 e. The molecule has 3 aliphatic rings. The van der Waals surface area contributed by atoms with Crippen molar-refractivity contribution in [3.8, 4) is 11.3 Å². The molecular weight excluding hydrogens is 390 g/mol. The Morgan fingerprint density at radius 3 is 2.72 bits per heavy atom. The van der Waals surface area contributed by atoms with Crippen molar-refractivity contribution in [3.63, 3.8) is 0 Å². The van der Waals surface area contributed by atoms with Gasteiger partial charge in [-0.25, -0.2) is 0 Å². The van der Waals surface area contributed by atoms with E-state index in [2.05, 4.69) is 21.2 Å². The van der Waals surface area contributed by atoms with Crippen LogP contribution in [-0.2, 0) is 22.6 Å². The van der Waals surface area contributed by atoms with Crippen LogP contribution in [-0.4, -0.2) is 65.0 Å². The van der Waals surface area contributed by atoms with Crippen molar-refractivity contribution in [1.82, 2.24) is 20.0 Å². The third kappa shape index (κ3) is 3.04. The third-order valence-corrected chi connectivity index (χ3v) is 6.76. The topological polar surface area (TPSA) is 72.5 Å². The lowest BCUT2D eigenvalue weighted by molar-refractivity contribution is -0.157. The van der Waals surface area contributed by atoms with Gasteiger partial charge in [0.2, 0.25) is 11.8 Å². The Morgan fingerprint density at radius 1 is 1.24 bits per heavy atom. The van der Waals surface area contributed by atoms with Crippen LogP contribution in [0.4, 0.5) is 5.69 Å². The van der Waals surface area contributed by atoms with Gasteiger partial charge in [-0.15, -0.1) is 0 Å². The van der Waals surface area contributed by atoms with Gasteiger partial charge in [-0.3, -0.25) is 19.6 Å². The summed E-state index contributed by atoms with van der Waals surface area (Å²) >= 11 is 6.55. The van der Waals surface area contributed by atoms with Crippen molar-refractivity contribution >= 4 is 29.1 Å². The predicted molar refractivity (Wildman–Crippen MR) is 111 cm³/mol. The van der Waals surface area contributed by atoms with Gasteiger partial charge in [0.1, 0.15) is 0 Å². The molecule has 0 atom stereocenters. The Kier molecular flexibility index (Phi) is 4.22. The maximum absolute atomic E-state index is 12.0. The zero-order valence-corrected chi connectivity index (χ0v) is 17.4. The summed E-state index contributed by atoms with van der Waals surface area (Å²) in [7, 11) is 1.78. The van der Waals surface area contributed by atoms with Gasteiger partial charge in [-0.2, -0.15) is 5.10 Å². The first kappa shape index (κ1) is 18.6. The van der Waals surface area contributed by atoms with Crippen LogP contribution in [0.3, 0.4) is 0 Å². The highest BCUT2D eigenvalue weighted by atomic mass is 35.5. The molecule has 2 aromatic rings. The number of aryl methyl sites for hydroxylation is 1. The molecule has 2 saturated heterocycles. The normalized spacial score (nSPS) is 20.4. The average molecular weight is 414 g/mol. The molecule has 0 unspecified atom stereocenters. The van der Waals surface area contributed by atoms with E-state index in [0.717, 1.165) is 60.8 Å². The van der Waals surface area contributed by atoms with E-state index in [9.17, 15) is 9.59 Å². The number of hydrogen-bond donors (Lipinski definition) is 1. The first-order valence-electron chi connectivity index (χ1n) is 9.95. The highest BCUT2D eigenvalue weighted by Gasteiger charge is 2.52. The fourth-order valence-electron chi connectivity index (χ4n) is 5.02. The van der Waals surface area contributed by atoms with Crippen LogP contribution in [0, 0.1) is 5.41 Å². The molecule has 29 heavy (non-hydrogen) atoms. The van der Waals surface area contributed by atoms with E-state index in [1.165, 1.54) is 0 Å². The molecule has 0 bridgehead atoms. The molecule has 7 nitrogen and oxygen atoms in total. The van der Waals surface area contributed by atoms with Crippen LogP contribution in [0.25, 0.3) is 11.3 Å². The smallest absolute Gasteiger partial charge is 0.227 e. The highest BCUT2D eigenvalue weighted by molar-refractivity contribution is 6.34. The highest BCUT2D eigenvalue weighted by Crippen LogP contribution is 2.42. The van der Waals surface area contributed by atoms with Crippen molar-refractivity contribution in [2.24, 2.45) is 5.41 Å². The minimum absolute atomic E-state index is 0.0976. The van der Waals surface area contributed by atoms with Gasteiger partial charge in [-0.05, 0) is 24.1 Å². The summed E-state index contributed by atoms with van der Waals surface area (Å²) < 4.78 is 0. The second-order valence-electron chi connectivity index (χ2n) is 8.71. The average Bonchev–Trinajstić information content (AvgIpc) is 3.06. The summed E-state index contributed by atoms with van der Waals surface area (Å²) in [5.41, 5.74) is 5.33. The lowest BCUT2D eigenvalue weighted by Gasteiger charge is -2.60. The van der Waals surface area contributed by atoms with E-state index >= 15 is 0 Å². The molecule has 3 aliphatic heterocycles. The molecule has 1 N–H and O–H groups in total. The summed E-state index contributed by atoms with van der Waals surface area (Å²) in [4.78, 5) is 29.4. The van der Waals surface area contributed by atoms with Crippen molar-refractivity contribution in [2.75, 3.05) is 38.1 Å². The van der Waals surface area contributed by atoms with Crippen LogP contribution in [0.15, 0.2) is 18.3 Å². The Morgan fingerprint density at radius 2 is 2.00 bits per heavy atom. The number of nitrogens with zero attached hydrogens (tertiary/aromatic N) is 4. The van der Waals surface area contributed by atoms with Crippen molar-refractivity contribution in [1.29, 1.82) is 0 Å². The summed E-state index contributed by atoms with van der Waals surface area (Å²) in [5, 5.41) is 8.00. The summed E-state index contributed by atoms with van der Waals surface area (Å²) in [5.74, 6) is 0.267. The Labute approximate surface area is 174 Å². The number of benzene rings is 1. The number of hydrogen-bond acceptors (Lipinski definition) is 4. The number of fused-ring (bicyclic) bond motifs is 1. The molecule has 4 heterocycles. The van der Waals surface area contributed by atoms with E-state index in [1.807, 2.05) is 17.2 Å². The van der Waals surface area contributed by atoms with Gasteiger partial charge in [0.25, 0.3) is 0 Å². The lowest BCUT2D eigenvalue weighted by Crippen LogP contribution is -2.72. The van der Waals surface area contributed by atoms with Crippen LogP contribution in [0.2, 0.25) is 5.02 Å². The Bertz CT molecular complexity index is 1000. The van der Waals surface area contributed by atoms with Gasteiger partial charge >= 0.3 is 0 Å². The molecule has 152 valence electrons. The maximum Gasteiger partial charge on any atom is 0.227 e. The molecule has 0 saturated carbocycles. The van der Waals surface area contributed by atoms with Crippen LogP contribution in [0.5, 0.6) is 0 Å². The first-order valence-corrected chi connectivity index (χ1v) is 10.3. The second kappa shape index (κ2) is 6.57. The second-order valence-corrected chi connectivity index (χ2v) is 9.12. The number of amides is 2. The minimum atomic E-state index is 0.0976. The summed E-state index contributed by atoms with van der Waals surface area (Å²) in [6.07, 6.45) is 3.09. The number of likely N-dealkylation sites (tertiary alicyclic amines) is 2. The van der Waals surface area contributed by atoms with Crippen molar-refractivity contribution in [2.45, 2.75) is 26.3 Å². The zero-order valence-electron chi connectivity index (χ0n) is 16.7. The molecule has 1 aromatic heterocycles. The SMILES string of the molecule is CC(=O)N1CC2(CN(Cc3cn[nH]c3-c3cc(Cl)c4c(c3)CCC(=O)N4C)C2)C1. The molecule has 8 heteroatoms. The van der Waals surface area contributed by atoms with Crippen LogP contribution in [0.1, 0.15) is 24.5 Å². The standard InChI is InChI=1S/C21H24ClN5O2/c1-13(28)27-11-21(12-27)9-26(10-21)8-16-7-23-24-19(16)15-5-14-3-4-18(29)25(2)20(14)17(22)6-15/h5-7H,3-4,8-12H2,1-2H3,(H,23,24). The lowest BCUT2D eigenvalue weighted by atomic mass is 9.72. The van der Waals surface area contributed by atoms with E-state index in [0.29, 0.717) is 23.3 Å². The van der Waals surface area contributed by atoms with E-state index in [-0.39, 0.29) is 11.8 Å². The molecule has 2 amide bonds. The van der Waals surface area contributed by atoms with E-state index in [4.69, 9.17) is 11.6 Å². The monoisotopic (exact) mass is 413 g/mol.